The summed E-state index contributed by atoms with van der Waals surface area (Å²) < 4.78 is 0. The molecule has 0 aliphatic heterocycles. The van der Waals surface area contributed by atoms with Crippen molar-refractivity contribution in [3.8, 4) is 0 Å². The Kier molecular flexibility index (Phi) is 4.98. The molecule has 3 N–H and O–H groups in total. The van der Waals surface area contributed by atoms with Crippen LogP contribution in [-0.4, -0.2) is 46.8 Å². The normalized spacial score (nSPS) is 9.92. The van der Waals surface area contributed by atoms with Gasteiger partial charge in [-0.2, -0.15) is 0 Å². The number of aliphatic hydroxyl groups is 1. The van der Waals surface area contributed by atoms with Gasteiger partial charge in [-0.25, -0.2) is 9.80 Å². The Labute approximate surface area is 69.8 Å². The number of amides is 1. The van der Waals surface area contributed by atoms with E-state index in [0.717, 1.165) is 0 Å². The fraction of sp³-hybridized carbons (Fsp3) is 0.667. The predicted molar refractivity (Wildman–Crippen MR) is 40.1 cm³/mol. The first-order valence-electron chi connectivity index (χ1n) is 3.51. The summed E-state index contributed by atoms with van der Waals surface area (Å²) in [5.41, 5.74) is 2.10. The number of hydrogen-bond acceptors (Lipinski definition) is 4. The molecule has 1 amide bonds. The van der Waals surface area contributed by atoms with Crippen LogP contribution in [0.4, 0.5) is 0 Å². The minimum absolute atomic E-state index is 0.131. The number of carbonyl (C=O) groups excluding carboxylic acids is 1. The van der Waals surface area contributed by atoms with Gasteiger partial charge in [0.15, 0.2) is 0 Å². The highest BCUT2D eigenvalue weighted by molar-refractivity contribution is 6.31. The molecule has 0 aliphatic carbocycles. The van der Waals surface area contributed by atoms with Gasteiger partial charge >= 0.3 is 11.9 Å². The number of aliphatic carboxylic acids is 1. The number of nitrogens with one attached hydrogen (secondary N) is 1. The summed E-state index contributed by atoms with van der Waals surface area (Å²) in [6.45, 7) is 2.26. The Bertz CT molecular complexity index is 171. The number of aliphatic hydroxyl groups excluding tert-OH is 1. The molecule has 12 heavy (non-hydrogen) atoms. The van der Waals surface area contributed by atoms with Crippen molar-refractivity contribution in [2.75, 3.05) is 19.7 Å². The average molecular weight is 176 g/mol. The van der Waals surface area contributed by atoms with Crippen molar-refractivity contribution in [2.45, 2.75) is 6.92 Å². The second-order valence-corrected chi connectivity index (χ2v) is 2.05. The third kappa shape index (κ3) is 3.89. The zero-order valence-corrected chi connectivity index (χ0v) is 6.78. The van der Waals surface area contributed by atoms with E-state index >= 15 is 0 Å². The van der Waals surface area contributed by atoms with E-state index < -0.39 is 11.9 Å². The molecule has 0 fully saturated rings. The topological polar surface area (TPSA) is 89.9 Å². The van der Waals surface area contributed by atoms with Gasteiger partial charge in [0.25, 0.3) is 0 Å². The zero-order valence-electron chi connectivity index (χ0n) is 6.78. The van der Waals surface area contributed by atoms with Crippen molar-refractivity contribution in [3.05, 3.63) is 0 Å². The molecule has 0 heterocycles. The Morgan fingerprint density at radius 2 is 2.08 bits per heavy atom. The van der Waals surface area contributed by atoms with Gasteiger partial charge in [0.1, 0.15) is 0 Å². The lowest BCUT2D eigenvalue weighted by molar-refractivity contribution is -0.152. The van der Waals surface area contributed by atoms with Crippen LogP contribution in [0.15, 0.2) is 0 Å². The SMILES string of the molecule is CCN(CCO)NC(=O)C(=O)O. The van der Waals surface area contributed by atoms with Crippen molar-refractivity contribution < 1.29 is 19.8 Å². The average Bonchev–Trinajstić information content (AvgIpc) is 2.03. The van der Waals surface area contributed by atoms with Gasteiger partial charge in [-0.3, -0.25) is 10.2 Å². The summed E-state index contributed by atoms with van der Waals surface area (Å²) in [5, 5.41) is 18.0. The van der Waals surface area contributed by atoms with Gasteiger partial charge in [-0.15, -0.1) is 0 Å². The Morgan fingerprint density at radius 3 is 2.42 bits per heavy atom. The first-order chi connectivity index (χ1) is 5.61. The fourth-order valence-corrected chi connectivity index (χ4v) is 0.605. The number of hydrazine groups is 1. The molecule has 0 aromatic rings. The summed E-state index contributed by atoms with van der Waals surface area (Å²) in [5.74, 6) is -2.63. The summed E-state index contributed by atoms with van der Waals surface area (Å²) in [7, 11) is 0. The van der Waals surface area contributed by atoms with Crippen LogP contribution in [0, 0.1) is 0 Å². The fourth-order valence-electron chi connectivity index (χ4n) is 0.605. The van der Waals surface area contributed by atoms with Gasteiger partial charge in [-0.1, -0.05) is 6.92 Å². The molecule has 0 aliphatic rings. The summed E-state index contributed by atoms with van der Waals surface area (Å²) in [4.78, 5) is 20.6. The molecule has 6 heteroatoms. The molecule has 0 saturated carbocycles. The van der Waals surface area contributed by atoms with Crippen molar-refractivity contribution in [1.82, 2.24) is 10.4 Å². The predicted octanol–water partition coefficient (Wildman–Crippen LogP) is -1.58. The summed E-state index contributed by atoms with van der Waals surface area (Å²) >= 11 is 0. The molecular formula is C6H12N2O4. The Morgan fingerprint density at radius 1 is 1.50 bits per heavy atom. The zero-order chi connectivity index (χ0) is 9.56. The van der Waals surface area contributed by atoms with Crippen LogP contribution in [-0.2, 0) is 9.59 Å². The van der Waals surface area contributed by atoms with Crippen LogP contribution in [0.1, 0.15) is 6.92 Å². The lowest BCUT2D eigenvalue weighted by Gasteiger charge is -2.18. The maximum atomic E-state index is 10.6. The molecule has 0 aromatic heterocycles. The number of nitrogens with zero attached hydrogens (tertiary/aromatic N) is 1. The third-order valence-electron chi connectivity index (χ3n) is 1.21. The highest BCUT2D eigenvalue weighted by Gasteiger charge is 2.13. The second kappa shape index (κ2) is 5.50. The van der Waals surface area contributed by atoms with E-state index in [2.05, 4.69) is 5.43 Å². The number of rotatable bonds is 4. The molecule has 70 valence electrons. The minimum atomic E-state index is -1.54. The summed E-state index contributed by atoms with van der Waals surface area (Å²) in [6.07, 6.45) is 0. The minimum Gasteiger partial charge on any atom is -0.474 e. The van der Waals surface area contributed by atoms with E-state index in [-0.39, 0.29) is 13.2 Å². The van der Waals surface area contributed by atoms with E-state index in [0.29, 0.717) is 6.54 Å². The van der Waals surface area contributed by atoms with Gasteiger partial charge in [0, 0.05) is 13.1 Å². The first-order valence-corrected chi connectivity index (χ1v) is 3.51. The third-order valence-corrected chi connectivity index (χ3v) is 1.21. The molecule has 0 spiro atoms. The van der Waals surface area contributed by atoms with Crippen LogP contribution in [0.25, 0.3) is 0 Å². The molecule has 0 aromatic carbocycles. The molecule has 0 atom stereocenters. The van der Waals surface area contributed by atoms with Crippen molar-refractivity contribution in [1.29, 1.82) is 0 Å². The van der Waals surface area contributed by atoms with E-state index in [1.54, 1.807) is 6.92 Å². The molecule has 0 bridgehead atoms. The van der Waals surface area contributed by atoms with Crippen LogP contribution >= 0.6 is 0 Å². The van der Waals surface area contributed by atoms with Gasteiger partial charge in [0.05, 0.1) is 6.61 Å². The van der Waals surface area contributed by atoms with Gasteiger partial charge < -0.3 is 10.2 Å². The second-order valence-electron chi connectivity index (χ2n) is 2.05. The number of carboxylic acid groups (broad SMARTS) is 1. The molecule has 0 saturated heterocycles. The maximum absolute atomic E-state index is 10.6. The van der Waals surface area contributed by atoms with E-state index in [9.17, 15) is 9.59 Å². The van der Waals surface area contributed by atoms with Crippen LogP contribution < -0.4 is 5.43 Å². The smallest absolute Gasteiger partial charge is 0.395 e. The van der Waals surface area contributed by atoms with Gasteiger partial charge in [0.2, 0.25) is 0 Å². The van der Waals surface area contributed by atoms with Crippen LogP contribution in [0.3, 0.4) is 0 Å². The lowest BCUT2D eigenvalue weighted by atomic mass is 10.6. The molecular weight excluding hydrogens is 164 g/mol. The van der Waals surface area contributed by atoms with Crippen LogP contribution in [0.5, 0.6) is 0 Å². The number of likely N-dealkylation sites (N-methyl/N-ethyl adjacent to an activating group) is 1. The standard InChI is InChI=1S/C6H12N2O4/c1-2-8(3-4-9)7-5(10)6(11)12/h9H,2-4H2,1H3,(H,7,10)(H,11,12). The lowest BCUT2D eigenvalue weighted by Crippen LogP contribution is -2.46. The van der Waals surface area contributed by atoms with E-state index in [1.165, 1.54) is 5.01 Å². The molecule has 0 unspecified atom stereocenters. The van der Waals surface area contributed by atoms with Crippen LogP contribution in [0.2, 0.25) is 0 Å². The van der Waals surface area contributed by atoms with E-state index in [1.807, 2.05) is 0 Å². The van der Waals surface area contributed by atoms with Gasteiger partial charge in [-0.05, 0) is 0 Å². The van der Waals surface area contributed by atoms with Crippen molar-refractivity contribution >= 4 is 11.9 Å². The number of carboxylic acids is 1. The van der Waals surface area contributed by atoms with Crippen molar-refractivity contribution in [2.24, 2.45) is 0 Å². The molecule has 6 nitrogen and oxygen atoms in total. The molecule has 0 rings (SSSR count). The Hall–Kier alpha value is -1.14. The highest BCUT2D eigenvalue weighted by atomic mass is 16.4. The first kappa shape index (κ1) is 10.9. The quantitative estimate of drug-likeness (QED) is 0.355. The summed E-state index contributed by atoms with van der Waals surface area (Å²) in [6, 6.07) is 0. The molecule has 0 radical (unpaired) electrons. The van der Waals surface area contributed by atoms with Crippen molar-refractivity contribution in [3.63, 3.8) is 0 Å². The largest absolute Gasteiger partial charge is 0.474 e. The van der Waals surface area contributed by atoms with E-state index in [4.69, 9.17) is 10.2 Å². The number of hydrogen-bond donors (Lipinski definition) is 3. The highest BCUT2D eigenvalue weighted by Crippen LogP contribution is 1.80. The maximum Gasteiger partial charge on any atom is 0.395 e. The Balaban J connectivity index is 3.85. The number of carbonyl (C=O) groups is 2. The monoisotopic (exact) mass is 176 g/mol.